The Balaban J connectivity index is 1.60. The second kappa shape index (κ2) is 7.35. The number of imide groups is 1. The molecule has 2 aliphatic heterocycles. The summed E-state index contributed by atoms with van der Waals surface area (Å²) in [7, 11) is 1.57. The van der Waals surface area contributed by atoms with Crippen LogP contribution in [-0.4, -0.2) is 35.8 Å². The molecule has 2 atom stereocenters. The predicted molar refractivity (Wildman–Crippen MR) is 118 cm³/mol. The number of halogens is 1. The van der Waals surface area contributed by atoms with Crippen LogP contribution in [0, 0.1) is 0 Å². The van der Waals surface area contributed by atoms with Gasteiger partial charge in [-0.3, -0.25) is 19.3 Å². The quantitative estimate of drug-likeness (QED) is 0.417. The van der Waals surface area contributed by atoms with E-state index in [2.05, 4.69) is 15.9 Å². The van der Waals surface area contributed by atoms with Crippen LogP contribution in [0.5, 0.6) is 5.75 Å². The summed E-state index contributed by atoms with van der Waals surface area (Å²) in [5, 5.41) is 0. The smallest absolute Gasteiger partial charge is 0.262 e. The van der Waals surface area contributed by atoms with Crippen molar-refractivity contribution in [3.05, 3.63) is 94.0 Å². The van der Waals surface area contributed by atoms with Gasteiger partial charge in [0.1, 0.15) is 11.8 Å². The predicted octanol–water partition coefficient (Wildman–Crippen LogP) is 4.21. The lowest BCUT2D eigenvalue weighted by Gasteiger charge is -2.49. The molecule has 0 aromatic heterocycles. The standard InChI is InChI=1S/C24H17BrN2O4/c1-31-17-6-4-5-14(13-17)20-21(24(30)26(20)16-11-9-15(25)10-12-16)27-22(28)18-7-2-3-8-19(18)23(27)29/h2-13,20-21H,1H3. The van der Waals surface area contributed by atoms with Crippen molar-refractivity contribution in [3.8, 4) is 5.75 Å². The van der Waals surface area contributed by atoms with Gasteiger partial charge in [0.15, 0.2) is 0 Å². The number of amides is 3. The minimum atomic E-state index is -0.928. The third-order valence-corrected chi connectivity index (χ3v) is 6.24. The lowest BCUT2D eigenvalue weighted by atomic mass is 9.86. The summed E-state index contributed by atoms with van der Waals surface area (Å²) in [6.45, 7) is 0. The summed E-state index contributed by atoms with van der Waals surface area (Å²) < 4.78 is 6.24. The van der Waals surface area contributed by atoms with Crippen molar-refractivity contribution in [2.45, 2.75) is 12.1 Å². The highest BCUT2D eigenvalue weighted by atomic mass is 79.9. The molecule has 0 saturated carbocycles. The van der Waals surface area contributed by atoms with Gasteiger partial charge < -0.3 is 9.64 Å². The van der Waals surface area contributed by atoms with Crippen LogP contribution in [0.1, 0.15) is 32.3 Å². The molecule has 0 radical (unpaired) electrons. The van der Waals surface area contributed by atoms with E-state index < -0.39 is 23.9 Å². The molecule has 0 bridgehead atoms. The van der Waals surface area contributed by atoms with Gasteiger partial charge in [0, 0.05) is 10.2 Å². The molecule has 5 rings (SSSR count). The zero-order valence-electron chi connectivity index (χ0n) is 16.5. The van der Waals surface area contributed by atoms with Crippen LogP contribution in [0.25, 0.3) is 0 Å². The minimum absolute atomic E-state index is 0.301. The van der Waals surface area contributed by atoms with Gasteiger partial charge in [0.2, 0.25) is 0 Å². The lowest BCUT2D eigenvalue weighted by Crippen LogP contribution is -2.67. The summed E-state index contributed by atoms with van der Waals surface area (Å²) in [4.78, 5) is 42.2. The molecule has 154 valence electrons. The van der Waals surface area contributed by atoms with Crippen molar-refractivity contribution in [1.29, 1.82) is 0 Å². The monoisotopic (exact) mass is 476 g/mol. The fraction of sp³-hybridized carbons (Fsp3) is 0.125. The number of carbonyl (C=O) groups excluding carboxylic acids is 3. The maximum atomic E-state index is 13.4. The van der Waals surface area contributed by atoms with Gasteiger partial charge in [0.25, 0.3) is 17.7 Å². The Labute approximate surface area is 187 Å². The van der Waals surface area contributed by atoms with Crippen molar-refractivity contribution in [2.75, 3.05) is 12.0 Å². The average Bonchev–Trinajstić information content (AvgIpc) is 3.04. The van der Waals surface area contributed by atoms with Crippen LogP contribution in [-0.2, 0) is 4.79 Å². The molecule has 7 heteroatoms. The van der Waals surface area contributed by atoms with Crippen LogP contribution >= 0.6 is 15.9 Å². The second-order valence-corrected chi connectivity index (χ2v) is 8.29. The molecule has 2 heterocycles. The van der Waals surface area contributed by atoms with Gasteiger partial charge >= 0.3 is 0 Å². The van der Waals surface area contributed by atoms with Crippen molar-refractivity contribution in [3.63, 3.8) is 0 Å². The molecule has 0 aliphatic carbocycles. The van der Waals surface area contributed by atoms with Gasteiger partial charge in [-0.2, -0.15) is 0 Å². The molecule has 1 fully saturated rings. The van der Waals surface area contributed by atoms with E-state index >= 15 is 0 Å². The fourth-order valence-corrected chi connectivity index (χ4v) is 4.50. The molecule has 1 saturated heterocycles. The van der Waals surface area contributed by atoms with Crippen LogP contribution in [0.3, 0.4) is 0 Å². The molecule has 3 aromatic rings. The van der Waals surface area contributed by atoms with Crippen molar-refractivity contribution in [1.82, 2.24) is 4.90 Å². The van der Waals surface area contributed by atoms with E-state index in [0.717, 1.165) is 14.9 Å². The molecule has 6 nitrogen and oxygen atoms in total. The topological polar surface area (TPSA) is 66.9 Å². The molecule has 3 aromatic carbocycles. The maximum absolute atomic E-state index is 13.4. The number of carbonyl (C=O) groups is 3. The number of β-lactam (4-membered cyclic amide) rings is 1. The Morgan fingerprint density at radius 1 is 0.774 bits per heavy atom. The molecular formula is C24H17BrN2O4. The third-order valence-electron chi connectivity index (χ3n) is 5.71. The van der Waals surface area contributed by atoms with Gasteiger partial charge in [-0.25, -0.2) is 0 Å². The van der Waals surface area contributed by atoms with E-state index in [1.165, 1.54) is 0 Å². The Bertz CT molecular complexity index is 1190. The number of hydrogen-bond donors (Lipinski definition) is 0. The van der Waals surface area contributed by atoms with Crippen molar-refractivity contribution < 1.29 is 19.1 Å². The summed E-state index contributed by atoms with van der Waals surface area (Å²) in [5.74, 6) is -0.553. The maximum Gasteiger partial charge on any atom is 0.262 e. The number of hydrogen-bond acceptors (Lipinski definition) is 4. The summed E-state index contributed by atoms with van der Waals surface area (Å²) in [6, 6.07) is 19.9. The summed E-state index contributed by atoms with van der Waals surface area (Å²) >= 11 is 3.41. The van der Waals surface area contributed by atoms with Gasteiger partial charge in [-0.15, -0.1) is 0 Å². The van der Waals surface area contributed by atoms with Crippen LogP contribution in [0.4, 0.5) is 5.69 Å². The number of nitrogens with zero attached hydrogens (tertiary/aromatic N) is 2. The zero-order chi connectivity index (χ0) is 21.7. The van der Waals surface area contributed by atoms with E-state index in [-0.39, 0.29) is 5.91 Å². The Hall–Kier alpha value is -3.45. The largest absolute Gasteiger partial charge is 0.497 e. The Morgan fingerprint density at radius 2 is 1.42 bits per heavy atom. The molecule has 31 heavy (non-hydrogen) atoms. The van der Waals surface area contributed by atoms with E-state index in [0.29, 0.717) is 22.6 Å². The Morgan fingerprint density at radius 3 is 2.03 bits per heavy atom. The summed E-state index contributed by atoms with van der Waals surface area (Å²) in [5.41, 5.74) is 2.12. The van der Waals surface area contributed by atoms with E-state index in [1.807, 2.05) is 48.5 Å². The number of methoxy groups -OCH3 is 1. The van der Waals surface area contributed by atoms with E-state index in [1.54, 1.807) is 36.3 Å². The zero-order valence-corrected chi connectivity index (χ0v) is 18.1. The first-order valence-corrected chi connectivity index (χ1v) is 10.5. The van der Waals surface area contributed by atoms with E-state index in [9.17, 15) is 14.4 Å². The van der Waals surface area contributed by atoms with Gasteiger partial charge in [0.05, 0.1) is 24.3 Å². The van der Waals surface area contributed by atoms with Crippen LogP contribution < -0.4 is 9.64 Å². The fourth-order valence-electron chi connectivity index (χ4n) is 4.23. The number of benzene rings is 3. The first-order chi connectivity index (χ1) is 15.0. The highest BCUT2D eigenvalue weighted by Crippen LogP contribution is 2.44. The molecule has 3 amide bonds. The summed E-state index contributed by atoms with van der Waals surface area (Å²) in [6.07, 6.45) is 0. The molecular weight excluding hydrogens is 460 g/mol. The molecule has 2 aliphatic rings. The molecule has 2 unspecified atom stereocenters. The second-order valence-electron chi connectivity index (χ2n) is 7.38. The normalized spacial score (nSPS) is 20.0. The lowest BCUT2D eigenvalue weighted by molar-refractivity contribution is -0.130. The highest BCUT2D eigenvalue weighted by Gasteiger charge is 2.57. The van der Waals surface area contributed by atoms with Gasteiger partial charge in [-0.1, -0.05) is 40.2 Å². The number of anilines is 1. The molecule has 0 spiro atoms. The van der Waals surface area contributed by atoms with Crippen LogP contribution in [0.15, 0.2) is 77.3 Å². The molecule has 0 N–H and O–H groups in total. The minimum Gasteiger partial charge on any atom is -0.497 e. The number of ether oxygens (including phenoxy) is 1. The average molecular weight is 477 g/mol. The van der Waals surface area contributed by atoms with Gasteiger partial charge in [-0.05, 0) is 54.1 Å². The first-order valence-electron chi connectivity index (χ1n) is 9.71. The van der Waals surface area contributed by atoms with Crippen molar-refractivity contribution >= 4 is 39.3 Å². The first kappa shape index (κ1) is 19.5. The van der Waals surface area contributed by atoms with Crippen molar-refractivity contribution in [2.24, 2.45) is 0 Å². The van der Waals surface area contributed by atoms with Crippen LogP contribution in [0.2, 0.25) is 0 Å². The third kappa shape index (κ3) is 2.96. The highest BCUT2D eigenvalue weighted by molar-refractivity contribution is 9.10. The SMILES string of the molecule is COc1cccc(C2C(N3C(=O)c4ccccc4C3=O)C(=O)N2c2ccc(Br)cc2)c1. The number of fused-ring (bicyclic) bond motifs is 1. The van der Waals surface area contributed by atoms with E-state index in [4.69, 9.17) is 4.74 Å². The Kier molecular flexibility index (Phi) is 4.63. The number of rotatable bonds is 4.